The zero-order chi connectivity index (χ0) is 24.5. The third-order valence-electron chi connectivity index (χ3n) is 7.14. The Labute approximate surface area is 202 Å². The van der Waals surface area contributed by atoms with E-state index in [0.29, 0.717) is 24.7 Å². The molecule has 1 amide bonds. The highest BCUT2D eigenvalue weighted by molar-refractivity contribution is 7.07. The summed E-state index contributed by atoms with van der Waals surface area (Å²) in [7, 11) is 3.46. The topological polar surface area (TPSA) is 50.6 Å². The van der Waals surface area contributed by atoms with Crippen LogP contribution >= 0.6 is 11.3 Å². The molecule has 2 atom stereocenters. The number of alkyl halides is 3. The van der Waals surface area contributed by atoms with Gasteiger partial charge in [0, 0.05) is 39.4 Å². The summed E-state index contributed by atoms with van der Waals surface area (Å²) in [4.78, 5) is 19.0. The Bertz CT molecular complexity index is 1040. The number of piperidine rings is 1. The predicted molar refractivity (Wildman–Crippen MR) is 126 cm³/mol. The molecule has 2 aliphatic rings. The second-order valence-electron chi connectivity index (χ2n) is 9.49. The molecule has 0 aliphatic carbocycles. The number of amides is 1. The minimum Gasteiger partial charge on any atom is -0.370 e. The number of hydrogen-bond donors (Lipinski definition) is 0. The number of likely N-dealkylation sites (tertiary alicyclic amines) is 1. The summed E-state index contributed by atoms with van der Waals surface area (Å²) < 4.78 is 40.6. The van der Waals surface area contributed by atoms with Gasteiger partial charge < -0.3 is 9.80 Å². The molecule has 0 radical (unpaired) electrons. The first-order valence-electron chi connectivity index (χ1n) is 11.5. The van der Waals surface area contributed by atoms with E-state index in [9.17, 15) is 18.0 Å². The van der Waals surface area contributed by atoms with Crippen LogP contribution in [0.5, 0.6) is 0 Å². The van der Waals surface area contributed by atoms with Crippen molar-refractivity contribution in [2.75, 3.05) is 45.2 Å². The van der Waals surface area contributed by atoms with Crippen molar-refractivity contribution in [2.24, 2.45) is 17.8 Å². The summed E-state index contributed by atoms with van der Waals surface area (Å²) in [6.45, 7) is 3.77. The lowest BCUT2D eigenvalue weighted by Crippen LogP contribution is -2.41. The van der Waals surface area contributed by atoms with E-state index < -0.39 is 11.7 Å². The normalized spacial score (nSPS) is 22.1. The van der Waals surface area contributed by atoms with Gasteiger partial charge in [-0.3, -0.25) is 9.69 Å². The molecule has 0 spiro atoms. The predicted octanol–water partition coefficient (Wildman–Crippen LogP) is 4.69. The number of carbonyl (C=O) groups is 1. The van der Waals surface area contributed by atoms with Crippen molar-refractivity contribution in [1.29, 1.82) is 5.26 Å². The van der Waals surface area contributed by atoms with Gasteiger partial charge >= 0.3 is 6.18 Å². The highest BCUT2D eigenvalue weighted by atomic mass is 32.1. The summed E-state index contributed by atoms with van der Waals surface area (Å²) in [5.74, 6) is 0.201. The van der Waals surface area contributed by atoms with Gasteiger partial charge in [0.05, 0.1) is 23.1 Å². The van der Waals surface area contributed by atoms with E-state index in [4.69, 9.17) is 5.26 Å². The van der Waals surface area contributed by atoms with Crippen molar-refractivity contribution in [3.05, 3.63) is 51.7 Å². The molecule has 5 nitrogen and oxygen atoms in total. The van der Waals surface area contributed by atoms with Gasteiger partial charge in [-0.2, -0.15) is 29.8 Å². The number of nitrogens with zero attached hydrogens (tertiary/aromatic N) is 4. The van der Waals surface area contributed by atoms with Gasteiger partial charge in [-0.05, 0) is 78.4 Å². The monoisotopic (exact) mass is 490 g/mol. The Hall–Kier alpha value is -2.57. The van der Waals surface area contributed by atoms with Crippen LogP contribution in [0.25, 0.3) is 0 Å². The molecule has 4 rings (SSSR count). The second kappa shape index (κ2) is 9.96. The molecule has 0 N–H and O–H groups in total. The van der Waals surface area contributed by atoms with Crippen LogP contribution in [0.3, 0.4) is 0 Å². The molecule has 9 heteroatoms. The van der Waals surface area contributed by atoms with Crippen molar-refractivity contribution in [1.82, 2.24) is 9.80 Å². The molecule has 2 saturated heterocycles. The first-order chi connectivity index (χ1) is 16.2. The molecule has 2 aliphatic heterocycles. The van der Waals surface area contributed by atoms with E-state index in [0.717, 1.165) is 38.5 Å². The average Bonchev–Trinajstić information content (AvgIpc) is 3.48. The van der Waals surface area contributed by atoms with E-state index >= 15 is 0 Å². The molecule has 34 heavy (non-hydrogen) atoms. The Balaban J connectivity index is 1.51. The fourth-order valence-electron chi connectivity index (χ4n) is 5.35. The van der Waals surface area contributed by atoms with Crippen LogP contribution in [0.15, 0.2) is 35.0 Å². The van der Waals surface area contributed by atoms with Gasteiger partial charge in [0.1, 0.15) is 0 Å². The molecule has 3 heterocycles. The molecule has 2 aromatic rings. The molecule has 0 bridgehead atoms. The van der Waals surface area contributed by atoms with Gasteiger partial charge in [0.25, 0.3) is 0 Å². The maximum atomic E-state index is 13.5. The molecule has 0 saturated carbocycles. The van der Waals surface area contributed by atoms with Crippen molar-refractivity contribution in [3.8, 4) is 6.07 Å². The summed E-state index contributed by atoms with van der Waals surface area (Å²) in [6.07, 6.45) is -2.66. The number of nitriles is 1. The molecular weight excluding hydrogens is 461 g/mol. The van der Waals surface area contributed by atoms with Gasteiger partial charge in [-0.1, -0.05) is 0 Å². The zero-order valence-electron chi connectivity index (χ0n) is 19.4. The van der Waals surface area contributed by atoms with Gasteiger partial charge in [0.15, 0.2) is 0 Å². The lowest BCUT2D eigenvalue weighted by Gasteiger charge is -2.36. The van der Waals surface area contributed by atoms with Crippen LogP contribution < -0.4 is 4.90 Å². The number of halogens is 3. The molecule has 2 fully saturated rings. The van der Waals surface area contributed by atoms with Crippen LogP contribution in [0.4, 0.5) is 18.9 Å². The molecular formula is C25H29F3N4OS. The van der Waals surface area contributed by atoms with E-state index in [1.807, 2.05) is 4.90 Å². The fraction of sp³-hybridized carbons (Fsp3) is 0.520. The number of carbonyl (C=O) groups excluding carboxylic acids is 1. The average molecular weight is 491 g/mol. The largest absolute Gasteiger partial charge is 0.417 e. The van der Waals surface area contributed by atoms with Crippen LogP contribution in [0, 0.1) is 29.1 Å². The quantitative estimate of drug-likeness (QED) is 0.610. The standard InChI is InChI=1S/C25H29F3N4OS/c1-30(2)24(33)22-15-32(20-4-3-19(12-29)23(11-20)25(26,27)28)14-21(22)18-5-8-31(9-6-18)13-17-7-10-34-16-17/h3-4,7,10-11,16,18,21-22H,5-6,8-9,13-15H2,1-2H3/t21-,22+/m0/s1. The van der Waals surface area contributed by atoms with E-state index in [1.165, 1.54) is 11.6 Å². The molecule has 182 valence electrons. The molecule has 0 unspecified atom stereocenters. The van der Waals surface area contributed by atoms with E-state index in [-0.39, 0.29) is 23.3 Å². The first-order valence-corrected chi connectivity index (χ1v) is 12.4. The molecule has 1 aromatic carbocycles. The number of thiophene rings is 1. The lowest BCUT2D eigenvalue weighted by atomic mass is 9.78. The third-order valence-corrected chi connectivity index (χ3v) is 7.87. The lowest BCUT2D eigenvalue weighted by molar-refractivity contribution is -0.137. The van der Waals surface area contributed by atoms with Gasteiger partial charge in [0.2, 0.25) is 5.91 Å². The summed E-state index contributed by atoms with van der Waals surface area (Å²) in [6, 6.07) is 7.64. The SMILES string of the molecule is CN(C)C(=O)[C@@H]1CN(c2ccc(C#N)c(C(F)(F)F)c2)C[C@H]1C1CCN(Cc2ccsc2)CC1. The van der Waals surface area contributed by atoms with Gasteiger partial charge in [-0.15, -0.1) is 0 Å². The Morgan fingerprint density at radius 1 is 1.21 bits per heavy atom. The van der Waals surface area contributed by atoms with Crippen molar-refractivity contribution < 1.29 is 18.0 Å². The zero-order valence-corrected chi connectivity index (χ0v) is 20.2. The highest BCUT2D eigenvalue weighted by Gasteiger charge is 2.44. The van der Waals surface area contributed by atoms with Gasteiger partial charge in [-0.25, -0.2) is 0 Å². The van der Waals surface area contributed by atoms with E-state index in [2.05, 4.69) is 21.7 Å². The maximum absolute atomic E-state index is 13.5. The van der Waals surface area contributed by atoms with Crippen molar-refractivity contribution in [3.63, 3.8) is 0 Å². The minimum absolute atomic E-state index is 0.0258. The minimum atomic E-state index is -4.60. The van der Waals surface area contributed by atoms with E-state index in [1.54, 1.807) is 42.5 Å². The second-order valence-corrected chi connectivity index (χ2v) is 10.3. The number of benzene rings is 1. The number of hydrogen-bond acceptors (Lipinski definition) is 5. The van der Waals surface area contributed by atoms with Crippen LogP contribution in [0.2, 0.25) is 0 Å². The molecule has 1 aromatic heterocycles. The number of anilines is 1. The van der Waals surface area contributed by atoms with Crippen LogP contribution in [-0.2, 0) is 17.5 Å². The van der Waals surface area contributed by atoms with Crippen molar-refractivity contribution in [2.45, 2.75) is 25.6 Å². The Morgan fingerprint density at radius 3 is 2.53 bits per heavy atom. The Morgan fingerprint density at radius 2 is 1.94 bits per heavy atom. The summed E-state index contributed by atoms with van der Waals surface area (Å²) >= 11 is 1.70. The summed E-state index contributed by atoms with van der Waals surface area (Å²) in [5, 5.41) is 13.4. The third kappa shape index (κ3) is 5.23. The van der Waals surface area contributed by atoms with Crippen LogP contribution in [0.1, 0.15) is 29.5 Å². The highest BCUT2D eigenvalue weighted by Crippen LogP contribution is 2.40. The first kappa shape index (κ1) is 24.6. The fourth-order valence-corrected chi connectivity index (χ4v) is 6.01. The van der Waals surface area contributed by atoms with Crippen LogP contribution in [-0.4, -0.2) is 56.0 Å². The summed E-state index contributed by atoms with van der Waals surface area (Å²) in [5.41, 5.74) is 0.428. The smallest absolute Gasteiger partial charge is 0.370 e. The maximum Gasteiger partial charge on any atom is 0.417 e. The number of rotatable bonds is 5. The van der Waals surface area contributed by atoms with Crippen molar-refractivity contribution >= 4 is 22.9 Å². The Kier molecular flexibility index (Phi) is 7.20.